The number of pyridine rings is 1. The Labute approximate surface area is 171 Å². The summed E-state index contributed by atoms with van der Waals surface area (Å²) in [5.41, 5.74) is 11.1. The smallest absolute Gasteiger partial charge is 0.133 e. The Kier molecular flexibility index (Phi) is 4.50. The number of rotatable bonds is 3. The molecule has 1 saturated heterocycles. The van der Waals surface area contributed by atoms with Crippen LogP contribution < -0.4 is 11.1 Å². The molecule has 0 unspecified atom stereocenters. The molecule has 1 aliphatic rings. The fraction of sp³-hybridized carbons (Fsp3) is 0.250. The largest absolute Gasteiger partial charge is 0.383 e. The fourth-order valence-electron chi connectivity index (χ4n) is 3.76. The van der Waals surface area contributed by atoms with E-state index in [9.17, 15) is 0 Å². The summed E-state index contributed by atoms with van der Waals surface area (Å²) in [6.45, 7) is 2.04. The maximum atomic E-state index is 6.32. The van der Waals surface area contributed by atoms with Crippen LogP contribution >= 0.6 is 22.9 Å². The number of fused-ring (bicyclic) bond motifs is 1. The van der Waals surface area contributed by atoms with Crippen LogP contribution in [0.25, 0.3) is 31.9 Å². The van der Waals surface area contributed by atoms with Crippen molar-refractivity contribution < 1.29 is 0 Å². The molecule has 0 amide bonds. The summed E-state index contributed by atoms with van der Waals surface area (Å²) in [7, 11) is 0. The molecule has 1 aromatic carbocycles. The highest BCUT2D eigenvalue weighted by Crippen LogP contribution is 2.39. The third-order valence-electron chi connectivity index (χ3n) is 5.22. The molecule has 28 heavy (non-hydrogen) atoms. The molecule has 0 atom stereocenters. The van der Waals surface area contributed by atoms with Gasteiger partial charge in [-0.15, -0.1) is 11.3 Å². The molecule has 3 aromatic heterocycles. The average molecular weight is 411 g/mol. The van der Waals surface area contributed by atoms with Gasteiger partial charge in [0, 0.05) is 29.4 Å². The highest BCUT2D eigenvalue weighted by molar-refractivity contribution is 7.22. The third-order valence-corrected chi connectivity index (χ3v) is 6.79. The number of nitrogens with zero attached hydrogens (tertiary/aromatic N) is 3. The zero-order valence-electron chi connectivity index (χ0n) is 15.1. The first-order valence-corrected chi connectivity index (χ1v) is 10.5. The Hall–Kier alpha value is -2.48. The van der Waals surface area contributed by atoms with Gasteiger partial charge in [0.1, 0.15) is 10.8 Å². The number of piperidine rings is 1. The number of benzene rings is 1. The van der Waals surface area contributed by atoms with Crippen LogP contribution in [0.15, 0.2) is 36.7 Å². The van der Waals surface area contributed by atoms with Crippen LogP contribution in [-0.2, 0) is 0 Å². The van der Waals surface area contributed by atoms with Crippen LogP contribution in [0.2, 0.25) is 5.02 Å². The molecule has 4 N–H and O–H groups in total. The monoisotopic (exact) mass is 410 g/mol. The summed E-state index contributed by atoms with van der Waals surface area (Å²) >= 11 is 7.86. The van der Waals surface area contributed by atoms with Gasteiger partial charge in [-0.3, -0.25) is 5.10 Å². The fourth-order valence-corrected chi connectivity index (χ4v) is 5.04. The van der Waals surface area contributed by atoms with Crippen molar-refractivity contribution >= 4 is 39.0 Å². The van der Waals surface area contributed by atoms with Crippen LogP contribution in [-0.4, -0.2) is 33.3 Å². The van der Waals surface area contributed by atoms with Crippen molar-refractivity contribution in [2.75, 3.05) is 18.8 Å². The van der Waals surface area contributed by atoms with Crippen molar-refractivity contribution in [3.63, 3.8) is 0 Å². The molecule has 0 spiro atoms. The highest BCUT2D eigenvalue weighted by Gasteiger charge is 2.22. The van der Waals surface area contributed by atoms with Crippen molar-refractivity contribution in [1.29, 1.82) is 0 Å². The van der Waals surface area contributed by atoms with Gasteiger partial charge < -0.3 is 11.1 Å². The minimum absolute atomic E-state index is 0.449. The van der Waals surface area contributed by atoms with Gasteiger partial charge in [-0.2, -0.15) is 5.10 Å². The number of H-pyrrole nitrogens is 1. The summed E-state index contributed by atoms with van der Waals surface area (Å²) in [4.78, 5) is 9.17. The number of anilines is 1. The Morgan fingerprint density at radius 2 is 2.04 bits per heavy atom. The first-order valence-electron chi connectivity index (χ1n) is 9.26. The Morgan fingerprint density at radius 3 is 2.86 bits per heavy atom. The number of aromatic amines is 1. The molecule has 1 fully saturated rings. The van der Waals surface area contributed by atoms with Gasteiger partial charge in [0.25, 0.3) is 0 Å². The lowest BCUT2D eigenvalue weighted by molar-refractivity contribution is 0.453. The maximum Gasteiger partial charge on any atom is 0.133 e. The van der Waals surface area contributed by atoms with Crippen LogP contribution in [0.3, 0.4) is 0 Å². The number of nitrogens with one attached hydrogen (secondary N) is 2. The van der Waals surface area contributed by atoms with E-state index in [2.05, 4.69) is 26.6 Å². The second kappa shape index (κ2) is 7.16. The molecule has 5 rings (SSSR count). The topological polar surface area (TPSA) is 92.5 Å². The van der Waals surface area contributed by atoms with E-state index in [1.807, 2.05) is 30.6 Å². The first kappa shape index (κ1) is 17.6. The Balaban J connectivity index is 1.58. The Morgan fingerprint density at radius 1 is 1.18 bits per heavy atom. The summed E-state index contributed by atoms with van der Waals surface area (Å²) in [6.07, 6.45) is 5.94. The van der Waals surface area contributed by atoms with Gasteiger partial charge in [-0.25, -0.2) is 9.97 Å². The van der Waals surface area contributed by atoms with E-state index in [1.54, 1.807) is 0 Å². The lowest BCUT2D eigenvalue weighted by atomic mass is 9.90. The molecule has 0 aliphatic carbocycles. The number of hydrogen-bond donors (Lipinski definition) is 3. The van der Waals surface area contributed by atoms with Gasteiger partial charge in [0.2, 0.25) is 0 Å². The molecular weight excluding hydrogens is 392 g/mol. The third kappa shape index (κ3) is 3.05. The van der Waals surface area contributed by atoms with Crippen molar-refractivity contribution in [2.45, 2.75) is 18.8 Å². The van der Waals surface area contributed by atoms with Crippen LogP contribution in [0.5, 0.6) is 0 Å². The highest BCUT2D eigenvalue weighted by atomic mass is 35.5. The quantitative estimate of drug-likeness (QED) is 0.464. The molecule has 0 radical (unpaired) electrons. The minimum Gasteiger partial charge on any atom is -0.383 e. The van der Waals surface area contributed by atoms with Gasteiger partial charge in [0.15, 0.2) is 0 Å². The van der Waals surface area contributed by atoms with E-state index in [0.717, 1.165) is 63.5 Å². The van der Waals surface area contributed by atoms with Gasteiger partial charge in [-0.05, 0) is 44.1 Å². The standard InChI is InChI=1S/C20H19ClN6S/c21-15-2-1-3-16-18(15)28-20(26-16)13-8-12(9-24-19(13)22)14-10-25-27-17(14)11-4-6-23-7-5-11/h1-3,8-11,23H,4-7H2,(H2,22,24)(H,25,27). The van der Waals surface area contributed by atoms with Crippen molar-refractivity contribution in [1.82, 2.24) is 25.5 Å². The van der Waals surface area contributed by atoms with Gasteiger partial charge in [0.05, 0.1) is 26.5 Å². The molecule has 8 heteroatoms. The molecule has 4 aromatic rings. The summed E-state index contributed by atoms with van der Waals surface area (Å²) in [5, 5.41) is 12.5. The lowest BCUT2D eigenvalue weighted by Gasteiger charge is -2.22. The number of nitrogens with two attached hydrogens (primary N) is 1. The van der Waals surface area contributed by atoms with Crippen molar-refractivity contribution in [2.24, 2.45) is 0 Å². The van der Waals surface area contributed by atoms with Crippen molar-refractivity contribution in [3.8, 4) is 21.7 Å². The van der Waals surface area contributed by atoms with Crippen LogP contribution in [0.4, 0.5) is 5.82 Å². The second-order valence-electron chi connectivity index (χ2n) is 6.97. The van der Waals surface area contributed by atoms with E-state index in [0.29, 0.717) is 16.8 Å². The number of halogens is 1. The maximum absolute atomic E-state index is 6.32. The Bertz CT molecular complexity index is 1140. The molecule has 6 nitrogen and oxygen atoms in total. The number of nitrogen functional groups attached to an aromatic ring is 1. The normalized spacial score (nSPS) is 15.3. The summed E-state index contributed by atoms with van der Waals surface area (Å²) < 4.78 is 0.961. The predicted molar refractivity (Wildman–Crippen MR) is 115 cm³/mol. The summed E-state index contributed by atoms with van der Waals surface area (Å²) in [6, 6.07) is 7.80. The average Bonchev–Trinajstić information content (AvgIpc) is 3.37. The van der Waals surface area contributed by atoms with E-state index >= 15 is 0 Å². The van der Waals surface area contributed by atoms with Gasteiger partial charge in [-0.1, -0.05) is 17.7 Å². The lowest BCUT2D eigenvalue weighted by Crippen LogP contribution is -2.27. The number of aromatic nitrogens is 4. The zero-order valence-corrected chi connectivity index (χ0v) is 16.6. The van der Waals surface area contributed by atoms with E-state index in [-0.39, 0.29) is 0 Å². The van der Waals surface area contributed by atoms with E-state index < -0.39 is 0 Å². The molecule has 0 bridgehead atoms. The predicted octanol–water partition coefficient (Wildman–Crippen LogP) is 4.45. The SMILES string of the molecule is Nc1ncc(-c2c[nH]nc2C2CCNCC2)cc1-c1nc2cccc(Cl)c2s1. The van der Waals surface area contributed by atoms with E-state index in [1.165, 1.54) is 11.3 Å². The second-order valence-corrected chi connectivity index (χ2v) is 8.38. The zero-order chi connectivity index (χ0) is 19.1. The molecular formula is C20H19ClN6S. The molecule has 1 aliphatic heterocycles. The number of thiazole rings is 1. The number of hydrogen-bond acceptors (Lipinski definition) is 6. The van der Waals surface area contributed by atoms with E-state index in [4.69, 9.17) is 22.3 Å². The molecule has 0 saturated carbocycles. The first-order chi connectivity index (χ1) is 13.7. The molecule has 142 valence electrons. The van der Waals surface area contributed by atoms with Crippen molar-refractivity contribution in [3.05, 3.63) is 47.4 Å². The summed E-state index contributed by atoms with van der Waals surface area (Å²) in [5.74, 6) is 0.913. The van der Waals surface area contributed by atoms with Crippen LogP contribution in [0, 0.1) is 0 Å². The van der Waals surface area contributed by atoms with Crippen LogP contribution in [0.1, 0.15) is 24.5 Å². The van der Waals surface area contributed by atoms with Gasteiger partial charge >= 0.3 is 0 Å². The molecule has 4 heterocycles. The minimum atomic E-state index is 0.449.